The zero-order chi connectivity index (χ0) is 13.9. The van der Waals surface area contributed by atoms with Crippen LogP contribution in [0.25, 0.3) is 0 Å². The van der Waals surface area contributed by atoms with Crippen molar-refractivity contribution in [2.24, 2.45) is 5.73 Å². The Hall–Kier alpha value is -0.150. The van der Waals surface area contributed by atoms with E-state index < -0.39 is 9.84 Å². The van der Waals surface area contributed by atoms with Crippen LogP contribution in [0.2, 0.25) is 0 Å². The third-order valence-corrected chi connectivity index (χ3v) is 7.40. The van der Waals surface area contributed by atoms with Gasteiger partial charge in [-0.2, -0.15) is 11.8 Å². The summed E-state index contributed by atoms with van der Waals surface area (Å²) in [5, 5.41) is 2.50. The molecule has 0 bridgehead atoms. The van der Waals surface area contributed by atoms with Gasteiger partial charge in [-0.05, 0) is 0 Å². The van der Waals surface area contributed by atoms with E-state index in [-0.39, 0.29) is 11.1 Å². The van der Waals surface area contributed by atoms with E-state index in [0.717, 1.165) is 23.0 Å². The molecule has 1 aliphatic heterocycles. The molecule has 1 aromatic heterocycles. The fraction of sp³-hybridized carbons (Fsp3) is 0.727. The monoisotopic (exact) mass is 321 g/mol. The van der Waals surface area contributed by atoms with Gasteiger partial charge in [0.25, 0.3) is 0 Å². The molecule has 0 saturated carbocycles. The number of hydrogen-bond acceptors (Lipinski definition) is 7. The predicted octanol–water partition coefficient (Wildman–Crippen LogP) is 0.911. The number of aromatic nitrogens is 1. The Labute approximate surface area is 122 Å². The summed E-state index contributed by atoms with van der Waals surface area (Å²) in [6, 6.07) is 0. The summed E-state index contributed by atoms with van der Waals surface area (Å²) in [4.78, 5) is 6.45. The van der Waals surface area contributed by atoms with E-state index in [1.807, 2.05) is 10.3 Å². The lowest BCUT2D eigenvalue weighted by atomic mass is 10.4. The molecule has 8 heteroatoms. The van der Waals surface area contributed by atoms with Crippen LogP contribution in [0.1, 0.15) is 17.6 Å². The minimum absolute atomic E-state index is 0.194. The molecule has 0 radical (unpaired) electrons. The van der Waals surface area contributed by atoms with Crippen molar-refractivity contribution in [1.29, 1.82) is 0 Å². The summed E-state index contributed by atoms with van der Waals surface area (Å²) < 4.78 is 24.2. The Kier molecular flexibility index (Phi) is 5.24. The maximum Gasteiger partial charge on any atom is 0.166 e. The van der Waals surface area contributed by atoms with Crippen LogP contribution in [0.3, 0.4) is 0 Å². The second kappa shape index (κ2) is 6.53. The second-order valence-electron chi connectivity index (χ2n) is 4.39. The van der Waals surface area contributed by atoms with Gasteiger partial charge in [0.2, 0.25) is 0 Å². The highest BCUT2D eigenvalue weighted by atomic mass is 32.2. The third-order valence-electron chi connectivity index (χ3n) is 3.15. The van der Waals surface area contributed by atoms with Crippen molar-refractivity contribution in [3.05, 3.63) is 16.1 Å². The minimum atomic E-state index is -3.03. The van der Waals surface area contributed by atoms with Gasteiger partial charge in [0.1, 0.15) is 10.4 Å². The summed E-state index contributed by atoms with van der Waals surface area (Å²) in [5.41, 5.74) is 6.47. The summed E-state index contributed by atoms with van der Waals surface area (Å²) in [6.07, 6.45) is 0. The van der Waals surface area contributed by atoms with Gasteiger partial charge in [-0.1, -0.05) is 6.92 Å². The van der Waals surface area contributed by atoms with E-state index in [0.29, 0.717) is 18.8 Å². The van der Waals surface area contributed by atoms with Crippen LogP contribution in [0.5, 0.6) is 0 Å². The summed E-state index contributed by atoms with van der Waals surface area (Å²) >= 11 is 3.25. The molecule has 0 aliphatic carbocycles. The summed E-state index contributed by atoms with van der Waals surface area (Å²) in [5.74, 6) is 1.83. The molecule has 2 N–H and O–H groups in total. The van der Waals surface area contributed by atoms with Crippen LogP contribution >= 0.6 is 23.1 Å². The normalized spacial score (nSPS) is 21.7. The number of hydrogen-bond donors (Lipinski definition) is 1. The Bertz CT molecular complexity index is 515. The molecule has 5 nitrogen and oxygen atoms in total. The highest BCUT2D eigenvalue weighted by molar-refractivity contribution is 8.01. The molecule has 108 valence electrons. The smallest absolute Gasteiger partial charge is 0.166 e. The Morgan fingerprint density at radius 1 is 1.58 bits per heavy atom. The van der Waals surface area contributed by atoms with Crippen molar-refractivity contribution in [3.8, 4) is 0 Å². The number of rotatable bonds is 5. The van der Waals surface area contributed by atoms with Gasteiger partial charge < -0.3 is 5.73 Å². The van der Waals surface area contributed by atoms with Crippen LogP contribution in [0, 0.1) is 0 Å². The topological polar surface area (TPSA) is 76.3 Å². The molecule has 19 heavy (non-hydrogen) atoms. The Morgan fingerprint density at radius 3 is 3.00 bits per heavy atom. The number of nitrogens with zero attached hydrogens (tertiary/aromatic N) is 2. The first-order valence-electron chi connectivity index (χ1n) is 6.23. The van der Waals surface area contributed by atoms with Gasteiger partial charge in [-0.15, -0.1) is 11.3 Å². The van der Waals surface area contributed by atoms with Crippen LogP contribution in [-0.2, 0) is 22.9 Å². The minimum Gasteiger partial charge on any atom is -0.325 e. The molecule has 1 atom stereocenters. The Morgan fingerprint density at radius 2 is 2.37 bits per heavy atom. The maximum atomic E-state index is 12.1. The number of thiazole rings is 1. The average Bonchev–Trinajstić information content (AvgIpc) is 2.87. The lowest BCUT2D eigenvalue weighted by molar-refractivity contribution is 0.259. The van der Waals surface area contributed by atoms with Crippen molar-refractivity contribution in [1.82, 2.24) is 9.88 Å². The van der Waals surface area contributed by atoms with Crippen molar-refractivity contribution in [2.75, 3.05) is 23.8 Å². The molecule has 2 rings (SSSR count). The van der Waals surface area contributed by atoms with E-state index in [1.165, 1.54) is 11.3 Å². The lowest BCUT2D eigenvalue weighted by Crippen LogP contribution is -2.47. The third kappa shape index (κ3) is 3.69. The van der Waals surface area contributed by atoms with E-state index in [2.05, 4.69) is 4.98 Å². The first-order valence-corrected chi connectivity index (χ1v) is 9.98. The van der Waals surface area contributed by atoms with Gasteiger partial charge in [0.15, 0.2) is 9.84 Å². The predicted molar refractivity (Wildman–Crippen MR) is 81.0 cm³/mol. The fourth-order valence-electron chi connectivity index (χ4n) is 2.04. The van der Waals surface area contributed by atoms with Crippen molar-refractivity contribution < 1.29 is 8.42 Å². The van der Waals surface area contributed by atoms with Gasteiger partial charge >= 0.3 is 0 Å². The first-order chi connectivity index (χ1) is 9.06. The largest absolute Gasteiger partial charge is 0.325 e. The molecule has 0 amide bonds. The molecule has 1 aliphatic rings. The molecule has 0 spiro atoms. The quantitative estimate of drug-likeness (QED) is 0.869. The molecule has 1 saturated heterocycles. The first kappa shape index (κ1) is 15.2. The van der Waals surface area contributed by atoms with Crippen LogP contribution in [0.15, 0.2) is 5.38 Å². The summed E-state index contributed by atoms with van der Waals surface area (Å²) in [6.45, 7) is 3.55. The zero-order valence-corrected chi connectivity index (χ0v) is 13.4. The highest BCUT2D eigenvalue weighted by Gasteiger charge is 2.32. The molecule has 1 unspecified atom stereocenters. The number of sulfone groups is 1. The van der Waals surface area contributed by atoms with E-state index in [4.69, 9.17) is 5.73 Å². The summed E-state index contributed by atoms with van der Waals surface area (Å²) in [7, 11) is -3.03. The van der Waals surface area contributed by atoms with Crippen molar-refractivity contribution in [2.45, 2.75) is 25.4 Å². The SMILES string of the molecule is CCS(=O)(=O)C1CSCCN1Cc1csc(CN)n1. The van der Waals surface area contributed by atoms with Crippen molar-refractivity contribution in [3.63, 3.8) is 0 Å². The van der Waals surface area contributed by atoms with E-state index >= 15 is 0 Å². The zero-order valence-electron chi connectivity index (χ0n) is 10.9. The molecule has 2 heterocycles. The fourth-order valence-corrected chi connectivity index (χ4v) is 5.79. The average molecular weight is 321 g/mol. The second-order valence-corrected chi connectivity index (χ2v) is 8.93. The van der Waals surface area contributed by atoms with E-state index in [9.17, 15) is 8.42 Å². The van der Waals surface area contributed by atoms with Gasteiger partial charge in [0.05, 0.1) is 5.69 Å². The highest BCUT2D eigenvalue weighted by Crippen LogP contribution is 2.23. The Balaban J connectivity index is 2.11. The van der Waals surface area contributed by atoms with Gasteiger partial charge in [-0.25, -0.2) is 13.4 Å². The van der Waals surface area contributed by atoms with Crippen LogP contribution in [-0.4, -0.2) is 47.5 Å². The molecule has 1 aromatic rings. The number of thioether (sulfide) groups is 1. The molecular weight excluding hydrogens is 302 g/mol. The maximum absolute atomic E-state index is 12.1. The lowest BCUT2D eigenvalue weighted by Gasteiger charge is -2.34. The molecular formula is C11H19N3O2S3. The molecule has 1 fully saturated rings. The van der Waals surface area contributed by atoms with Crippen LogP contribution in [0.4, 0.5) is 0 Å². The number of nitrogens with two attached hydrogens (primary N) is 1. The standard InChI is InChI=1S/C11H19N3O2S3/c1-2-19(15,16)11-8-17-4-3-14(11)6-9-7-18-10(5-12)13-9/h7,11H,2-6,8,12H2,1H3. The van der Waals surface area contributed by atoms with Crippen LogP contribution < -0.4 is 5.73 Å². The van der Waals surface area contributed by atoms with Crippen molar-refractivity contribution >= 4 is 32.9 Å². The molecule has 0 aromatic carbocycles. The van der Waals surface area contributed by atoms with E-state index in [1.54, 1.807) is 18.7 Å². The van der Waals surface area contributed by atoms with Gasteiger partial charge in [-0.3, -0.25) is 4.90 Å². The van der Waals surface area contributed by atoms with Gasteiger partial charge in [0, 0.05) is 42.3 Å².